The Morgan fingerprint density at radius 1 is 0.941 bits per heavy atom. The van der Waals surface area contributed by atoms with E-state index in [1.807, 2.05) is 0 Å². The molecule has 1 aromatic carbocycles. The minimum atomic E-state index is -0.990. The second-order valence-electron chi connectivity index (χ2n) is 3.36. The van der Waals surface area contributed by atoms with Crippen molar-refractivity contribution in [3.05, 3.63) is 23.8 Å². The zero-order valence-corrected chi connectivity index (χ0v) is 10.5. The summed E-state index contributed by atoms with van der Waals surface area (Å²) in [6, 6.07) is 5.26. The van der Waals surface area contributed by atoms with Crippen molar-refractivity contribution >= 4 is 0 Å². The maximum atomic E-state index is 10.2. The average Bonchev–Trinajstić information content (AvgIpc) is 2.38. The van der Waals surface area contributed by atoms with E-state index in [0.717, 1.165) is 0 Å². The van der Waals surface area contributed by atoms with E-state index < -0.39 is 12.4 Å². The predicted molar refractivity (Wildman–Crippen MR) is 62.3 cm³/mol. The van der Waals surface area contributed by atoms with Crippen LogP contribution in [0.1, 0.15) is 11.7 Å². The molecular formula is C12H18O5. The van der Waals surface area contributed by atoms with Gasteiger partial charge >= 0.3 is 0 Å². The van der Waals surface area contributed by atoms with E-state index >= 15 is 0 Å². The van der Waals surface area contributed by atoms with E-state index in [1.54, 1.807) is 18.2 Å². The van der Waals surface area contributed by atoms with Gasteiger partial charge in [-0.25, -0.2) is 0 Å². The van der Waals surface area contributed by atoms with Gasteiger partial charge in [-0.1, -0.05) is 6.07 Å². The molecule has 96 valence electrons. The van der Waals surface area contributed by atoms with Gasteiger partial charge < -0.3 is 24.1 Å². The maximum absolute atomic E-state index is 10.2. The number of hydrogen-bond donors (Lipinski definition) is 1. The molecule has 1 atom stereocenters. The van der Waals surface area contributed by atoms with Crippen LogP contribution in [0.5, 0.6) is 11.5 Å². The number of rotatable bonds is 6. The second-order valence-corrected chi connectivity index (χ2v) is 3.36. The average molecular weight is 242 g/mol. The van der Waals surface area contributed by atoms with Gasteiger partial charge in [0.25, 0.3) is 0 Å². The molecule has 5 nitrogen and oxygen atoms in total. The quantitative estimate of drug-likeness (QED) is 0.763. The van der Waals surface area contributed by atoms with Crippen LogP contribution in [0.2, 0.25) is 0 Å². The minimum Gasteiger partial charge on any atom is -0.496 e. The molecule has 17 heavy (non-hydrogen) atoms. The molecule has 0 spiro atoms. The van der Waals surface area contributed by atoms with E-state index in [2.05, 4.69) is 0 Å². The number of aliphatic hydroxyl groups is 1. The fourth-order valence-corrected chi connectivity index (χ4v) is 1.66. The summed E-state index contributed by atoms with van der Waals surface area (Å²) in [5, 5.41) is 10.2. The normalized spacial score (nSPS) is 12.6. The SMILES string of the molecule is COc1cccc(OC)c1C(O)C(OC)OC. The number of methoxy groups -OCH3 is 4. The Hall–Kier alpha value is -1.30. The molecule has 0 aliphatic heterocycles. The fraction of sp³-hybridized carbons (Fsp3) is 0.500. The number of benzene rings is 1. The Balaban J connectivity index is 3.17. The molecule has 0 amide bonds. The first-order chi connectivity index (χ1) is 8.19. The first-order valence-electron chi connectivity index (χ1n) is 5.14. The fourth-order valence-electron chi connectivity index (χ4n) is 1.66. The van der Waals surface area contributed by atoms with Crippen LogP contribution in [0.4, 0.5) is 0 Å². The van der Waals surface area contributed by atoms with Gasteiger partial charge in [0.1, 0.15) is 17.6 Å². The highest BCUT2D eigenvalue weighted by molar-refractivity contribution is 5.46. The van der Waals surface area contributed by atoms with Crippen LogP contribution in [-0.2, 0) is 9.47 Å². The van der Waals surface area contributed by atoms with Crippen molar-refractivity contribution in [2.75, 3.05) is 28.4 Å². The number of ether oxygens (including phenoxy) is 4. The molecule has 5 heteroatoms. The highest BCUT2D eigenvalue weighted by Gasteiger charge is 2.26. The molecule has 0 heterocycles. The standard InChI is InChI=1S/C12H18O5/c1-14-8-6-5-7-9(15-2)10(8)11(13)12(16-3)17-4/h5-7,11-13H,1-4H3. The van der Waals surface area contributed by atoms with Crippen LogP contribution < -0.4 is 9.47 Å². The number of aliphatic hydroxyl groups excluding tert-OH is 1. The van der Waals surface area contributed by atoms with Crippen molar-refractivity contribution in [2.24, 2.45) is 0 Å². The topological polar surface area (TPSA) is 57.2 Å². The highest BCUT2D eigenvalue weighted by atomic mass is 16.7. The predicted octanol–water partition coefficient (Wildman–Crippen LogP) is 1.36. The summed E-state index contributed by atoms with van der Waals surface area (Å²) in [6.07, 6.45) is -1.77. The Bertz CT molecular complexity index is 326. The summed E-state index contributed by atoms with van der Waals surface area (Å²) < 4.78 is 20.5. The molecule has 0 saturated carbocycles. The van der Waals surface area contributed by atoms with Crippen molar-refractivity contribution in [1.29, 1.82) is 0 Å². The first kappa shape index (κ1) is 13.8. The Kier molecular flexibility index (Phi) is 5.21. The van der Waals surface area contributed by atoms with Crippen LogP contribution in [-0.4, -0.2) is 39.8 Å². The summed E-state index contributed by atoms with van der Waals surface area (Å²) in [4.78, 5) is 0. The zero-order chi connectivity index (χ0) is 12.8. The molecule has 0 radical (unpaired) electrons. The maximum Gasteiger partial charge on any atom is 0.187 e. The third-order valence-corrected chi connectivity index (χ3v) is 2.48. The third-order valence-electron chi connectivity index (χ3n) is 2.48. The van der Waals surface area contributed by atoms with Crippen molar-refractivity contribution in [1.82, 2.24) is 0 Å². The van der Waals surface area contributed by atoms with Gasteiger partial charge in [-0.15, -0.1) is 0 Å². The lowest BCUT2D eigenvalue weighted by Crippen LogP contribution is -2.23. The van der Waals surface area contributed by atoms with E-state index in [0.29, 0.717) is 17.1 Å². The lowest BCUT2D eigenvalue weighted by molar-refractivity contribution is -0.166. The Morgan fingerprint density at radius 2 is 1.41 bits per heavy atom. The minimum absolute atomic E-state index is 0.506. The Morgan fingerprint density at radius 3 is 1.76 bits per heavy atom. The molecule has 1 rings (SSSR count). The summed E-state index contributed by atoms with van der Waals surface area (Å²) in [7, 11) is 5.97. The molecule has 0 bridgehead atoms. The van der Waals surface area contributed by atoms with E-state index in [-0.39, 0.29) is 0 Å². The molecule has 0 aliphatic carbocycles. The van der Waals surface area contributed by atoms with Gasteiger partial charge in [-0.2, -0.15) is 0 Å². The Labute approximate surface area is 101 Å². The molecule has 1 unspecified atom stereocenters. The summed E-state index contributed by atoms with van der Waals surface area (Å²) in [6.45, 7) is 0. The van der Waals surface area contributed by atoms with Crippen LogP contribution in [0.15, 0.2) is 18.2 Å². The monoisotopic (exact) mass is 242 g/mol. The molecule has 0 saturated heterocycles. The van der Waals surface area contributed by atoms with E-state index in [4.69, 9.17) is 18.9 Å². The van der Waals surface area contributed by atoms with Gasteiger partial charge in [0.2, 0.25) is 0 Å². The van der Waals surface area contributed by atoms with Crippen LogP contribution >= 0.6 is 0 Å². The van der Waals surface area contributed by atoms with Gasteiger partial charge in [0, 0.05) is 14.2 Å². The van der Waals surface area contributed by atoms with Gasteiger partial charge in [0.15, 0.2) is 6.29 Å². The molecule has 0 aliphatic rings. The molecule has 0 fully saturated rings. The lowest BCUT2D eigenvalue weighted by atomic mass is 10.1. The molecule has 1 aromatic rings. The van der Waals surface area contributed by atoms with Crippen LogP contribution in [0, 0.1) is 0 Å². The lowest BCUT2D eigenvalue weighted by Gasteiger charge is -2.23. The van der Waals surface area contributed by atoms with Crippen molar-refractivity contribution < 1.29 is 24.1 Å². The number of hydrogen-bond acceptors (Lipinski definition) is 5. The van der Waals surface area contributed by atoms with Gasteiger partial charge in [-0.3, -0.25) is 0 Å². The van der Waals surface area contributed by atoms with Crippen LogP contribution in [0.25, 0.3) is 0 Å². The van der Waals surface area contributed by atoms with Crippen LogP contribution in [0.3, 0.4) is 0 Å². The highest BCUT2D eigenvalue weighted by Crippen LogP contribution is 2.36. The van der Waals surface area contributed by atoms with E-state index in [1.165, 1.54) is 28.4 Å². The third kappa shape index (κ3) is 2.88. The van der Waals surface area contributed by atoms with E-state index in [9.17, 15) is 5.11 Å². The van der Waals surface area contributed by atoms with Gasteiger partial charge in [0.05, 0.1) is 19.8 Å². The summed E-state index contributed by atoms with van der Waals surface area (Å²) in [5.41, 5.74) is 0.506. The van der Waals surface area contributed by atoms with Crippen molar-refractivity contribution in [3.63, 3.8) is 0 Å². The zero-order valence-electron chi connectivity index (χ0n) is 10.5. The second kappa shape index (κ2) is 6.44. The summed E-state index contributed by atoms with van der Waals surface area (Å²) in [5.74, 6) is 1.05. The van der Waals surface area contributed by atoms with Crippen molar-refractivity contribution in [2.45, 2.75) is 12.4 Å². The first-order valence-corrected chi connectivity index (χ1v) is 5.14. The van der Waals surface area contributed by atoms with Crippen molar-refractivity contribution in [3.8, 4) is 11.5 Å². The largest absolute Gasteiger partial charge is 0.496 e. The molecule has 0 aromatic heterocycles. The van der Waals surface area contributed by atoms with Gasteiger partial charge in [-0.05, 0) is 12.1 Å². The smallest absolute Gasteiger partial charge is 0.187 e. The molecule has 1 N–H and O–H groups in total. The summed E-state index contributed by atoms with van der Waals surface area (Å²) >= 11 is 0. The molecular weight excluding hydrogens is 224 g/mol.